The van der Waals surface area contributed by atoms with Gasteiger partial charge in [-0.05, 0) is 60.0 Å². The summed E-state index contributed by atoms with van der Waals surface area (Å²) >= 11 is 5.03. The maximum atomic E-state index is 9.21. The first-order valence-corrected chi connectivity index (χ1v) is 17.8. The summed E-state index contributed by atoms with van der Waals surface area (Å²) in [7, 11) is 1.14. The van der Waals surface area contributed by atoms with Crippen LogP contribution >= 0.6 is 37.4 Å². The predicted molar refractivity (Wildman–Crippen MR) is 107 cm³/mol. The minimum atomic E-state index is 0.347. The van der Waals surface area contributed by atoms with Crippen LogP contribution in [0.5, 0.6) is 0 Å². The second-order valence-electron chi connectivity index (χ2n) is 4.66. The van der Waals surface area contributed by atoms with Gasteiger partial charge in [-0.3, -0.25) is 6.29 Å². The van der Waals surface area contributed by atoms with Gasteiger partial charge in [0, 0.05) is 0 Å². The molecule has 0 saturated heterocycles. The van der Waals surface area contributed by atoms with E-state index in [1.807, 2.05) is 0 Å². The van der Waals surface area contributed by atoms with Crippen LogP contribution in [0.25, 0.3) is 0 Å². The van der Waals surface area contributed by atoms with Gasteiger partial charge in [-0.2, -0.15) is 0 Å². The van der Waals surface area contributed by atoms with Crippen molar-refractivity contribution in [2.24, 2.45) is 0 Å². The van der Waals surface area contributed by atoms with Crippen LogP contribution in [0.4, 0.5) is 0 Å². The van der Waals surface area contributed by atoms with Crippen LogP contribution in [0.1, 0.15) is 6.42 Å². The summed E-state index contributed by atoms with van der Waals surface area (Å²) < 4.78 is 7.50. The molecule has 0 aliphatic heterocycles. The summed E-state index contributed by atoms with van der Waals surface area (Å²) in [5, 5.41) is 0. The van der Waals surface area contributed by atoms with Crippen LogP contribution in [0, 0.1) is 6.65 Å². The molecule has 7 heteroatoms. The van der Waals surface area contributed by atoms with E-state index in [1.165, 1.54) is 6.08 Å². The Kier molecular flexibility index (Phi) is 90.2. The molecule has 0 saturated carbocycles. The van der Waals surface area contributed by atoms with Crippen LogP contribution in [0.15, 0.2) is 12.7 Å². The first kappa shape index (κ1) is 38.2. The van der Waals surface area contributed by atoms with Gasteiger partial charge in [-0.25, -0.2) is 0 Å². The quantitative estimate of drug-likeness (QED) is 0.159. The normalized spacial score (nSPS) is 7.05. The summed E-state index contributed by atoms with van der Waals surface area (Å²) in [5.74, 6) is 0. The van der Waals surface area contributed by atoms with Gasteiger partial charge < -0.3 is 4.79 Å². The van der Waals surface area contributed by atoms with Crippen molar-refractivity contribution in [3.63, 3.8) is 0 Å². The van der Waals surface area contributed by atoms with Crippen molar-refractivity contribution in [2.45, 2.75) is 6.42 Å². The van der Waals surface area contributed by atoms with Crippen LogP contribution < -0.4 is 0 Å². The Hall–Kier alpha value is 1.54. The van der Waals surface area contributed by atoms with Gasteiger partial charge in [0.2, 0.25) is 0 Å². The van der Waals surface area contributed by atoms with Crippen LogP contribution in [-0.4, -0.2) is 66.3 Å². The molecule has 0 aromatic rings. The Bertz CT molecular complexity index is 150. The third-order valence-corrected chi connectivity index (χ3v) is 0.228. The van der Waals surface area contributed by atoms with Crippen molar-refractivity contribution >= 4 is 43.7 Å². The van der Waals surface area contributed by atoms with E-state index in [4.69, 9.17) is 4.65 Å². The molecule has 0 heterocycles. The molecule has 0 bridgehead atoms. The van der Waals surface area contributed by atoms with Gasteiger partial charge >= 0.3 is 41.3 Å². The van der Waals surface area contributed by atoms with Crippen molar-refractivity contribution in [1.29, 1.82) is 0 Å². The van der Waals surface area contributed by atoms with Crippen LogP contribution in [0.3, 0.4) is 0 Å². The Labute approximate surface area is 154 Å². The number of allylic oxidation sites excluding steroid dienone is 1. The van der Waals surface area contributed by atoms with Gasteiger partial charge in [0.25, 0.3) is 0 Å². The van der Waals surface area contributed by atoms with Crippen LogP contribution in [-0.2, 0) is 25.8 Å². The number of hydrogen-bond acceptors (Lipinski definition) is 1. The van der Waals surface area contributed by atoms with Gasteiger partial charge in [0.1, 0.15) is 0 Å². The van der Waals surface area contributed by atoms with Crippen LogP contribution in [0.2, 0.25) is 0 Å². The maximum absolute atomic E-state index is 9.21. The molecule has 0 aliphatic carbocycles. The Morgan fingerprint density at radius 2 is 1.10 bits per heavy atom. The Morgan fingerprint density at radius 1 is 0.952 bits per heavy atom. The Morgan fingerprint density at radius 3 is 1.10 bits per heavy atom. The molecule has 0 fully saturated rings. The zero-order chi connectivity index (χ0) is 18.9. The van der Waals surface area contributed by atoms with E-state index in [2.05, 4.69) is 103 Å². The summed E-state index contributed by atoms with van der Waals surface area (Å²) in [6, 6.07) is 0. The molecule has 0 amide bonds. The number of halogens is 1. The fraction of sp³-hybridized carbons (Fsp3) is 0.714. The van der Waals surface area contributed by atoms with Crippen molar-refractivity contribution in [1.82, 2.24) is 0 Å². The average Bonchev–Trinajstić information content (AvgIpc) is 2.33. The third-order valence-electron chi connectivity index (χ3n) is 0.228. The average molecular weight is 506 g/mol. The van der Waals surface area contributed by atoms with E-state index in [-0.39, 0.29) is 0 Å². The first-order chi connectivity index (χ1) is 9.61. The second kappa shape index (κ2) is 49.6. The molecule has 0 aromatic carbocycles. The van der Waals surface area contributed by atoms with Crippen molar-refractivity contribution in [2.75, 3.05) is 60.0 Å². The number of hydrogen-bond donors (Lipinski definition) is 0. The molecule has 2 nitrogen and oxygen atoms in total. The monoisotopic (exact) mass is 506 g/mol. The molecule has 130 valence electrons. The molecule has 0 spiro atoms. The van der Waals surface area contributed by atoms with E-state index in [0.29, 0.717) is 30.2 Å². The van der Waals surface area contributed by atoms with E-state index >= 15 is 0 Å². The van der Waals surface area contributed by atoms with Gasteiger partial charge in [0.05, 0.1) is 0 Å². The standard InChI is InChI=1S/C4H5O.3C3H9P.CO.BrH.Ru/c1-2-3-4-5;3*1-4(2)3;1-2;;/h2H,1,3H2;3*1-3H3;;1H;/q-1;;;;;;+2/p-1. The summed E-state index contributed by atoms with van der Waals surface area (Å²) in [6.45, 7) is 27.9. The van der Waals surface area contributed by atoms with Gasteiger partial charge in [-0.1, -0.05) is 0 Å². The molecular weight excluding hydrogens is 474 g/mol. The molecule has 0 radical (unpaired) electrons. The minimum absolute atomic E-state index is 0.347. The molecule has 21 heavy (non-hydrogen) atoms. The summed E-state index contributed by atoms with van der Waals surface area (Å²) in [4.78, 5) is 9.21. The summed E-state index contributed by atoms with van der Waals surface area (Å²) in [6.07, 6.45) is 3.50. The van der Waals surface area contributed by atoms with Crippen molar-refractivity contribution < 1.29 is 25.8 Å². The van der Waals surface area contributed by atoms with Crippen molar-refractivity contribution in [3.8, 4) is 0 Å². The molecule has 0 N–H and O–H groups in total. The second-order valence-corrected chi connectivity index (χ2v) is 12.7. The van der Waals surface area contributed by atoms with E-state index in [0.717, 1.165) is 0 Å². The van der Waals surface area contributed by atoms with E-state index in [9.17, 15) is 4.79 Å². The van der Waals surface area contributed by atoms with Gasteiger partial charge in [0.15, 0.2) is 0 Å². The fourth-order valence-electron chi connectivity index (χ4n) is 0.0589. The van der Waals surface area contributed by atoms with Crippen molar-refractivity contribution in [3.05, 3.63) is 19.3 Å². The van der Waals surface area contributed by atoms with E-state index in [1.54, 1.807) is 6.29 Å². The first-order valence-electron chi connectivity index (χ1n) is 5.74. The topological polar surface area (TPSA) is 37.0 Å². The molecular formula is C14H32BrO2P3Ru. The zero-order valence-corrected chi connectivity index (χ0v) is 20.9. The fourth-order valence-corrected chi connectivity index (χ4v) is 0.0589. The molecule has 0 aromatic heterocycles. The molecule has 0 unspecified atom stereocenters. The number of carbonyl (C=O) groups excluding carboxylic acids is 1. The SMILES string of the molecule is C=CC[C-]=O.CP(C)C.CP(C)C.CP(C)C.[Br][Ru+].[C-]#[O+]. The predicted octanol–water partition coefficient (Wildman–Crippen LogP) is 5.55. The zero-order valence-electron chi connectivity index (χ0n) is 14.9. The number of rotatable bonds is 2. The van der Waals surface area contributed by atoms with E-state index < -0.39 is 0 Å². The Balaban J connectivity index is -0.0000000332. The van der Waals surface area contributed by atoms with Gasteiger partial charge in [-0.15, -0.1) is 42.8 Å². The molecule has 0 atom stereocenters. The third kappa shape index (κ3) is 655. The summed E-state index contributed by atoms with van der Waals surface area (Å²) in [5.41, 5.74) is 0. The molecule has 0 aliphatic rings. The molecule has 0 rings (SSSR count).